The summed E-state index contributed by atoms with van der Waals surface area (Å²) in [4.78, 5) is 30.4. The van der Waals surface area contributed by atoms with E-state index in [4.69, 9.17) is 5.73 Å². The van der Waals surface area contributed by atoms with Gasteiger partial charge in [-0.05, 0) is 42.7 Å². The van der Waals surface area contributed by atoms with E-state index in [0.29, 0.717) is 29.4 Å². The van der Waals surface area contributed by atoms with Crippen molar-refractivity contribution >= 4 is 28.9 Å². The number of anilines is 1. The molecule has 0 saturated carbocycles. The summed E-state index contributed by atoms with van der Waals surface area (Å²) in [5, 5.41) is 0. The van der Waals surface area contributed by atoms with Crippen molar-refractivity contribution in [3.63, 3.8) is 0 Å². The zero-order valence-corrected chi connectivity index (χ0v) is 14.4. The average Bonchev–Trinajstić information content (AvgIpc) is 2.85. The zero-order valence-electron chi connectivity index (χ0n) is 14.4. The van der Waals surface area contributed by atoms with Crippen LogP contribution in [0.4, 0.5) is 11.4 Å². The first-order valence-electron chi connectivity index (χ1n) is 8.37. The van der Waals surface area contributed by atoms with Crippen molar-refractivity contribution in [2.75, 3.05) is 11.4 Å². The van der Waals surface area contributed by atoms with E-state index in [0.717, 1.165) is 17.7 Å². The molecule has 0 bridgehead atoms. The average molecular weight is 335 g/mol. The quantitative estimate of drug-likeness (QED) is 0.910. The normalized spacial score (nSPS) is 15.1. The molecule has 2 aromatic rings. The number of para-hydroxylation sites is 1. The van der Waals surface area contributed by atoms with Gasteiger partial charge in [-0.1, -0.05) is 32.0 Å². The third-order valence-electron chi connectivity index (χ3n) is 4.22. The van der Waals surface area contributed by atoms with Gasteiger partial charge in [0.15, 0.2) is 0 Å². The summed E-state index contributed by atoms with van der Waals surface area (Å²) < 4.78 is 0. The van der Waals surface area contributed by atoms with Gasteiger partial charge in [0, 0.05) is 17.7 Å². The Morgan fingerprint density at radius 3 is 2.44 bits per heavy atom. The molecule has 5 heteroatoms. The lowest BCUT2D eigenvalue weighted by Crippen LogP contribution is -2.31. The standard InChI is InChI=1S/C20H21N3O2/c1-13(2)11-12-23-17-6-4-3-5-16(17)18(20(23)25)22-15-9-7-14(8-10-15)19(21)24/h3-10,13H,11-12H2,1-2H3,(H2,21,24). The van der Waals surface area contributed by atoms with Crippen LogP contribution in [-0.4, -0.2) is 24.1 Å². The summed E-state index contributed by atoms with van der Waals surface area (Å²) in [5.74, 6) is -0.0514. The number of primary amides is 1. The van der Waals surface area contributed by atoms with Gasteiger partial charge in [0.1, 0.15) is 5.71 Å². The molecule has 0 aromatic heterocycles. The molecule has 25 heavy (non-hydrogen) atoms. The number of carbonyl (C=O) groups excluding carboxylic acids is 2. The summed E-state index contributed by atoms with van der Waals surface area (Å²) in [7, 11) is 0. The lowest BCUT2D eigenvalue weighted by molar-refractivity contribution is -0.112. The molecule has 3 rings (SSSR count). The van der Waals surface area contributed by atoms with Crippen LogP contribution in [0.3, 0.4) is 0 Å². The van der Waals surface area contributed by atoms with Crippen LogP contribution in [0, 0.1) is 5.92 Å². The molecule has 0 atom stereocenters. The van der Waals surface area contributed by atoms with Crippen molar-refractivity contribution in [1.29, 1.82) is 0 Å². The number of fused-ring (bicyclic) bond motifs is 1. The minimum Gasteiger partial charge on any atom is -0.366 e. The second-order valence-electron chi connectivity index (χ2n) is 6.53. The van der Waals surface area contributed by atoms with Crippen LogP contribution < -0.4 is 10.6 Å². The van der Waals surface area contributed by atoms with Crippen molar-refractivity contribution in [3.8, 4) is 0 Å². The maximum Gasteiger partial charge on any atom is 0.277 e. The molecule has 2 N–H and O–H groups in total. The molecule has 0 aliphatic carbocycles. The van der Waals surface area contributed by atoms with Gasteiger partial charge in [-0.2, -0.15) is 0 Å². The first kappa shape index (κ1) is 16.9. The van der Waals surface area contributed by atoms with Crippen LogP contribution in [0.25, 0.3) is 0 Å². The fourth-order valence-electron chi connectivity index (χ4n) is 2.81. The lowest BCUT2D eigenvalue weighted by atomic mass is 10.1. The predicted octanol–water partition coefficient (Wildman–Crippen LogP) is 3.30. The third-order valence-corrected chi connectivity index (χ3v) is 4.22. The lowest BCUT2D eigenvalue weighted by Gasteiger charge is -2.17. The van der Waals surface area contributed by atoms with E-state index in [1.165, 1.54) is 0 Å². The number of carbonyl (C=O) groups is 2. The molecule has 5 nitrogen and oxygen atoms in total. The highest BCUT2D eigenvalue weighted by molar-refractivity contribution is 6.54. The van der Waals surface area contributed by atoms with Gasteiger partial charge in [0.25, 0.3) is 5.91 Å². The van der Waals surface area contributed by atoms with E-state index >= 15 is 0 Å². The van der Waals surface area contributed by atoms with Crippen LogP contribution in [0.2, 0.25) is 0 Å². The fraction of sp³-hybridized carbons (Fsp3) is 0.250. The molecule has 128 valence electrons. The van der Waals surface area contributed by atoms with Crippen LogP contribution in [0.1, 0.15) is 36.2 Å². The molecule has 1 aliphatic heterocycles. The third kappa shape index (κ3) is 3.45. The number of hydrogen-bond donors (Lipinski definition) is 1. The van der Waals surface area contributed by atoms with Gasteiger partial charge in [0.2, 0.25) is 5.91 Å². The van der Waals surface area contributed by atoms with Gasteiger partial charge >= 0.3 is 0 Å². The zero-order chi connectivity index (χ0) is 18.0. The number of nitrogens with zero attached hydrogens (tertiary/aromatic N) is 2. The Labute approximate surface area is 147 Å². The Hall–Kier alpha value is -2.95. The van der Waals surface area contributed by atoms with Gasteiger partial charge in [-0.25, -0.2) is 4.99 Å². The van der Waals surface area contributed by atoms with Crippen molar-refractivity contribution in [2.24, 2.45) is 16.6 Å². The molecule has 1 aliphatic rings. The summed E-state index contributed by atoms with van der Waals surface area (Å²) in [5.41, 5.74) is 8.47. The smallest absolute Gasteiger partial charge is 0.277 e. The number of amides is 2. The Kier molecular flexibility index (Phi) is 4.65. The van der Waals surface area contributed by atoms with Crippen LogP contribution in [-0.2, 0) is 4.79 Å². The first-order chi connectivity index (χ1) is 12.0. The van der Waals surface area contributed by atoms with Gasteiger partial charge < -0.3 is 10.6 Å². The monoisotopic (exact) mass is 335 g/mol. The number of aliphatic imine (C=N–C) groups is 1. The number of nitrogens with two attached hydrogens (primary N) is 1. The highest BCUT2D eigenvalue weighted by atomic mass is 16.2. The van der Waals surface area contributed by atoms with Crippen molar-refractivity contribution in [1.82, 2.24) is 0 Å². The molecular formula is C20H21N3O2. The minimum absolute atomic E-state index is 0.0826. The molecule has 0 spiro atoms. The van der Waals surface area contributed by atoms with E-state index in [-0.39, 0.29) is 5.91 Å². The fourth-order valence-corrected chi connectivity index (χ4v) is 2.81. The van der Waals surface area contributed by atoms with E-state index in [2.05, 4.69) is 18.8 Å². The number of hydrogen-bond acceptors (Lipinski definition) is 3. The molecule has 0 radical (unpaired) electrons. The van der Waals surface area contributed by atoms with E-state index in [1.807, 2.05) is 24.3 Å². The maximum atomic E-state index is 12.9. The number of benzene rings is 2. The second-order valence-corrected chi connectivity index (χ2v) is 6.53. The Bertz CT molecular complexity index is 838. The predicted molar refractivity (Wildman–Crippen MR) is 99.4 cm³/mol. The van der Waals surface area contributed by atoms with Crippen LogP contribution in [0.5, 0.6) is 0 Å². The van der Waals surface area contributed by atoms with E-state index < -0.39 is 5.91 Å². The first-order valence-corrected chi connectivity index (χ1v) is 8.37. The van der Waals surface area contributed by atoms with Crippen LogP contribution >= 0.6 is 0 Å². The SMILES string of the molecule is CC(C)CCN1C(=O)C(=Nc2ccc(C(N)=O)cc2)c2ccccc21. The van der Waals surface area contributed by atoms with Gasteiger partial charge in [0.05, 0.1) is 11.4 Å². The van der Waals surface area contributed by atoms with Crippen molar-refractivity contribution in [3.05, 3.63) is 59.7 Å². The summed E-state index contributed by atoms with van der Waals surface area (Å²) in [6.45, 7) is 4.95. The molecule has 0 saturated heterocycles. The minimum atomic E-state index is -0.485. The highest BCUT2D eigenvalue weighted by Crippen LogP contribution is 2.31. The van der Waals surface area contributed by atoms with Crippen molar-refractivity contribution < 1.29 is 9.59 Å². The highest BCUT2D eigenvalue weighted by Gasteiger charge is 2.33. The number of rotatable bonds is 5. The topological polar surface area (TPSA) is 75.8 Å². The molecule has 2 aromatic carbocycles. The maximum absolute atomic E-state index is 12.9. The molecule has 0 unspecified atom stereocenters. The second kappa shape index (κ2) is 6.89. The van der Waals surface area contributed by atoms with Crippen molar-refractivity contribution in [2.45, 2.75) is 20.3 Å². The van der Waals surface area contributed by atoms with Gasteiger partial charge in [-0.3, -0.25) is 9.59 Å². The summed E-state index contributed by atoms with van der Waals surface area (Å²) in [6.07, 6.45) is 0.931. The largest absolute Gasteiger partial charge is 0.366 e. The molecule has 2 amide bonds. The van der Waals surface area contributed by atoms with Crippen LogP contribution in [0.15, 0.2) is 53.5 Å². The summed E-state index contributed by atoms with van der Waals surface area (Å²) >= 11 is 0. The Morgan fingerprint density at radius 1 is 1.12 bits per heavy atom. The van der Waals surface area contributed by atoms with E-state index in [1.54, 1.807) is 29.2 Å². The Balaban J connectivity index is 1.95. The summed E-state index contributed by atoms with van der Waals surface area (Å²) in [6, 6.07) is 14.3. The Morgan fingerprint density at radius 2 is 1.80 bits per heavy atom. The molecule has 0 fully saturated rings. The van der Waals surface area contributed by atoms with Gasteiger partial charge in [-0.15, -0.1) is 0 Å². The molecular weight excluding hydrogens is 314 g/mol. The van der Waals surface area contributed by atoms with E-state index in [9.17, 15) is 9.59 Å². The molecule has 1 heterocycles.